The van der Waals surface area contributed by atoms with Gasteiger partial charge in [0, 0.05) is 11.6 Å². The molecule has 2 aromatic carbocycles. The maximum Gasteiger partial charge on any atom is 0.185 e. The number of benzene rings is 2. The molecule has 0 aliphatic carbocycles. The molecular weight excluding hydrogens is 252 g/mol. The Kier molecular flexibility index (Phi) is 3.53. The van der Waals surface area contributed by atoms with Crippen molar-refractivity contribution in [1.82, 2.24) is 0 Å². The number of phenols is 2. The minimum atomic E-state index is -0.939. The third-order valence-corrected chi connectivity index (χ3v) is 2.96. The van der Waals surface area contributed by atoms with Crippen molar-refractivity contribution in [3.05, 3.63) is 59.7 Å². The van der Waals surface area contributed by atoms with Crippen molar-refractivity contribution in [2.75, 3.05) is 0 Å². The average molecular weight is 263 g/mol. The summed E-state index contributed by atoms with van der Waals surface area (Å²) in [4.78, 5) is 12.1. The first-order chi connectivity index (χ1) is 8.58. The number of hydrogen-bond donors (Lipinski definition) is 2. The molecule has 18 heavy (non-hydrogen) atoms. The number of carbonyl (C=O) groups is 1. The van der Waals surface area contributed by atoms with Crippen LogP contribution in [0.2, 0.25) is 0 Å². The van der Waals surface area contributed by atoms with Crippen LogP contribution in [0.5, 0.6) is 11.5 Å². The Morgan fingerprint density at radius 3 is 2.11 bits per heavy atom. The zero-order valence-electron chi connectivity index (χ0n) is 9.38. The summed E-state index contributed by atoms with van der Waals surface area (Å²) in [6.45, 7) is 0. The summed E-state index contributed by atoms with van der Waals surface area (Å²) in [7, 11) is 0. The first-order valence-electron chi connectivity index (χ1n) is 5.34. The van der Waals surface area contributed by atoms with Gasteiger partial charge in [0.25, 0.3) is 0 Å². The summed E-state index contributed by atoms with van der Waals surface area (Å²) in [5.74, 6) is -0.532. The fourth-order valence-corrected chi connectivity index (χ4v) is 1.92. The highest BCUT2D eigenvalue weighted by molar-refractivity contribution is 6.33. The van der Waals surface area contributed by atoms with Gasteiger partial charge in [-0.25, -0.2) is 0 Å². The molecule has 2 N–H and O–H groups in total. The number of phenolic OH excluding ortho intramolecular Hbond substituents is 2. The quantitative estimate of drug-likeness (QED) is 0.659. The molecule has 4 heteroatoms. The molecule has 92 valence electrons. The molecule has 0 aromatic heterocycles. The molecule has 0 saturated carbocycles. The number of Topliss-reactive ketones (excluding diaryl/α,β-unsaturated/α-hetero) is 1. The van der Waals surface area contributed by atoms with Gasteiger partial charge in [-0.2, -0.15) is 0 Å². The van der Waals surface area contributed by atoms with Gasteiger partial charge in [-0.1, -0.05) is 30.3 Å². The zero-order valence-corrected chi connectivity index (χ0v) is 10.1. The van der Waals surface area contributed by atoms with Gasteiger partial charge in [0.05, 0.1) is 0 Å². The van der Waals surface area contributed by atoms with Crippen LogP contribution in [0.1, 0.15) is 21.3 Å². The molecule has 1 unspecified atom stereocenters. The molecule has 3 nitrogen and oxygen atoms in total. The van der Waals surface area contributed by atoms with Crippen molar-refractivity contribution in [1.29, 1.82) is 0 Å². The van der Waals surface area contributed by atoms with E-state index in [9.17, 15) is 15.0 Å². The van der Waals surface area contributed by atoms with Crippen LogP contribution < -0.4 is 0 Å². The number of hydrogen-bond acceptors (Lipinski definition) is 3. The maximum atomic E-state index is 12.1. The van der Waals surface area contributed by atoms with Crippen molar-refractivity contribution in [2.45, 2.75) is 5.38 Å². The molecule has 0 aliphatic rings. The minimum Gasteiger partial charge on any atom is -0.508 e. The van der Waals surface area contributed by atoms with E-state index < -0.39 is 5.38 Å². The van der Waals surface area contributed by atoms with Crippen LogP contribution in [0.15, 0.2) is 48.5 Å². The molecule has 2 rings (SSSR count). The third kappa shape index (κ3) is 2.63. The molecule has 0 radical (unpaired) electrons. The highest BCUT2D eigenvalue weighted by Crippen LogP contribution is 2.30. The molecule has 0 fully saturated rings. The number of carbonyl (C=O) groups excluding carboxylic acids is 1. The minimum absolute atomic E-state index is 0.128. The predicted molar refractivity (Wildman–Crippen MR) is 69.1 cm³/mol. The summed E-state index contributed by atoms with van der Waals surface area (Å²) in [6, 6.07) is 12.5. The maximum absolute atomic E-state index is 12.1. The van der Waals surface area contributed by atoms with E-state index in [-0.39, 0.29) is 17.3 Å². The van der Waals surface area contributed by atoms with E-state index in [1.807, 2.05) is 0 Å². The Hall–Kier alpha value is -2.00. The fourth-order valence-electron chi connectivity index (χ4n) is 1.66. The van der Waals surface area contributed by atoms with Crippen LogP contribution in [0.25, 0.3) is 0 Å². The monoisotopic (exact) mass is 262 g/mol. The lowest BCUT2D eigenvalue weighted by Gasteiger charge is -2.10. The van der Waals surface area contributed by atoms with Crippen molar-refractivity contribution in [3.63, 3.8) is 0 Å². The van der Waals surface area contributed by atoms with Crippen molar-refractivity contribution in [2.24, 2.45) is 0 Å². The molecule has 0 heterocycles. The summed E-state index contributed by atoms with van der Waals surface area (Å²) in [6.07, 6.45) is 0. The second-order valence-corrected chi connectivity index (χ2v) is 4.31. The normalized spacial score (nSPS) is 12.1. The predicted octanol–water partition coefficient (Wildman–Crippen LogP) is 3.26. The molecule has 0 amide bonds. The molecule has 1 atom stereocenters. The number of ketones is 1. The van der Waals surface area contributed by atoms with E-state index in [4.69, 9.17) is 11.6 Å². The zero-order chi connectivity index (χ0) is 13.1. The summed E-state index contributed by atoms with van der Waals surface area (Å²) < 4.78 is 0. The molecule has 2 aromatic rings. The van der Waals surface area contributed by atoms with Crippen molar-refractivity contribution in [3.8, 4) is 11.5 Å². The highest BCUT2D eigenvalue weighted by atomic mass is 35.5. The first-order valence-corrected chi connectivity index (χ1v) is 5.78. The summed E-state index contributed by atoms with van der Waals surface area (Å²) >= 11 is 6.06. The van der Waals surface area contributed by atoms with Gasteiger partial charge in [0.2, 0.25) is 0 Å². The van der Waals surface area contributed by atoms with Gasteiger partial charge < -0.3 is 10.2 Å². The van der Waals surface area contributed by atoms with E-state index in [1.54, 1.807) is 30.3 Å². The van der Waals surface area contributed by atoms with Crippen LogP contribution in [-0.4, -0.2) is 16.0 Å². The second-order valence-electron chi connectivity index (χ2n) is 3.88. The Morgan fingerprint density at radius 1 is 1.00 bits per heavy atom. The van der Waals surface area contributed by atoms with Crippen LogP contribution in [0.3, 0.4) is 0 Å². The van der Waals surface area contributed by atoms with E-state index >= 15 is 0 Å². The topological polar surface area (TPSA) is 57.5 Å². The van der Waals surface area contributed by atoms with Crippen LogP contribution in [0.4, 0.5) is 0 Å². The van der Waals surface area contributed by atoms with Crippen LogP contribution in [-0.2, 0) is 0 Å². The molecule has 0 saturated heterocycles. The lowest BCUT2D eigenvalue weighted by Crippen LogP contribution is -2.07. The fraction of sp³-hybridized carbons (Fsp3) is 0.0714. The molecule has 0 spiro atoms. The van der Waals surface area contributed by atoms with E-state index in [0.29, 0.717) is 11.1 Å². The van der Waals surface area contributed by atoms with Gasteiger partial charge in [-0.3, -0.25) is 4.79 Å². The SMILES string of the molecule is O=C(c1ccccc1)C(Cl)c1cc(O)cc(O)c1. The summed E-state index contributed by atoms with van der Waals surface area (Å²) in [5.41, 5.74) is 0.850. The van der Waals surface area contributed by atoms with E-state index in [2.05, 4.69) is 0 Å². The third-order valence-electron chi connectivity index (χ3n) is 2.51. The Balaban J connectivity index is 2.31. The molecule has 0 aliphatic heterocycles. The standard InChI is InChI=1S/C14H11ClO3/c15-13(10-6-11(16)8-12(17)7-10)14(18)9-4-2-1-3-5-9/h1-8,13,16-17H. The smallest absolute Gasteiger partial charge is 0.185 e. The number of aromatic hydroxyl groups is 2. The number of alkyl halides is 1. The number of rotatable bonds is 3. The van der Waals surface area contributed by atoms with Gasteiger partial charge >= 0.3 is 0 Å². The lowest BCUT2D eigenvalue weighted by molar-refractivity contribution is 0.0987. The highest BCUT2D eigenvalue weighted by Gasteiger charge is 2.20. The van der Waals surface area contributed by atoms with Gasteiger partial charge in [0.15, 0.2) is 5.78 Å². The molecular formula is C14H11ClO3. The van der Waals surface area contributed by atoms with E-state index in [0.717, 1.165) is 0 Å². The Labute approximate surface area is 109 Å². The lowest BCUT2D eigenvalue weighted by atomic mass is 10.0. The van der Waals surface area contributed by atoms with Crippen molar-refractivity contribution >= 4 is 17.4 Å². The Morgan fingerprint density at radius 2 is 1.56 bits per heavy atom. The van der Waals surface area contributed by atoms with Gasteiger partial charge in [0.1, 0.15) is 16.9 Å². The van der Waals surface area contributed by atoms with Gasteiger partial charge in [-0.05, 0) is 17.7 Å². The van der Waals surface area contributed by atoms with Crippen molar-refractivity contribution < 1.29 is 15.0 Å². The molecule has 0 bridgehead atoms. The second kappa shape index (κ2) is 5.10. The Bertz CT molecular complexity index is 546. The van der Waals surface area contributed by atoms with Gasteiger partial charge in [-0.15, -0.1) is 11.6 Å². The first kappa shape index (κ1) is 12.5. The van der Waals surface area contributed by atoms with E-state index in [1.165, 1.54) is 18.2 Å². The largest absolute Gasteiger partial charge is 0.508 e. The summed E-state index contributed by atoms with van der Waals surface area (Å²) in [5, 5.41) is 17.8. The van der Waals surface area contributed by atoms with Crippen LogP contribution in [0, 0.1) is 0 Å². The number of halogens is 1. The average Bonchev–Trinajstić information content (AvgIpc) is 2.37. The van der Waals surface area contributed by atoms with Crippen LogP contribution >= 0.6 is 11.6 Å².